The Bertz CT molecular complexity index is 368. The zero-order chi connectivity index (χ0) is 12.0. The van der Waals surface area contributed by atoms with E-state index in [1.54, 1.807) is 0 Å². The van der Waals surface area contributed by atoms with Crippen LogP contribution in [0.4, 0.5) is 5.69 Å². The molecule has 88 valence electrons. The molecule has 1 aromatic rings. The molecule has 0 bridgehead atoms. The normalized spacial score (nSPS) is 10.1. The summed E-state index contributed by atoms with van der Waals surface area (Å²) >= 11 is 0. The highest BCUT2D eigenvalue weighted by Gasteiger charge is 2.09. The van der Waals surface area contributed by atoms with Gasteiger partial charge in [0.2, 0.25) is 5.88 Å². The van der Waals surface area contributed by atoms with Gasteiger partial charge in [-0.3, -0.25) is 0 Å². The van der Waals surface area contributed by atoms with Gasteiger partial charge in [0.25, 0.3) is 0 Å². The summed E-state index contributed by atoms with van der Waals surface area (Å²) in [6.07, 6.45) is 0. The number of hydrogen-bond donors (Lipinski definition) is 2. The van der Waals surface area contributed by atoms with E-state index in [-0.39, 0.29) is 18.2 Å². The second-order valence-electron chi connectivity index (χ2n) is 2.94. The highest BCUT2D eigenvalue weighted by atomic mass is 16.5. The number of aromatic nitrogens is 1. The number of carboxylic acids is 1. The second kappa shape index (κ2) is 5.92. The van der Waals surface area contributed by atoms with Crippen molar-refractivity contribution < 1.29 is 19.4 Å². The molecule has 0 saturated carbocycles. The third kappa shape index (κ3) is 3.39. The number of carbonyl (C=O) groups is 1. The molecule has 0 fully saturated rings. The number of hydrogen-bond acceptors (Lipinski definition) is 5. The van der Waals surface area contributed by atoms with Gasteiger partial charge in [0.1, 0.15) is 6.61 Å². The van der Waals surface area contributed by atoms with Crippen molar-refractivity contribution in [2.24, 2.45) is 0 Å². The Hall–Kier alpha value is -1.82. The van der Waals surface area contributed by atoms with Gasteiger partial charge in [0.05, 0.1) is 12.3 Å². The van der Waals surface area contributed by atoms with Gasteiger partial charge in [-0.15, -0.1) is 0 Å². The Labute approximate surface area is 93.0 Å². The highest BCUT2D eigenvalue weighted by molar-refractivity contribution is 5.86. The first kappa shape index (κ1) is 12.3. The molecule has 0 unspecified atom stereocenters. The summed E-state index contributed by atoms with van der Waals surface area (Å²) in [7, 11) is 0. The summed E-state index contributed by atoms with van der Waals surface area (Å²) < 4.78 is 10.3. The minimum atomic E-state index is -1.12. The van der Waals surface area contributed by atoms with E-state index in [9.17, 15) is 4.79 Å². The maximum absolute atomic E-state index is 10.7. The fourth-order valence-corrected chi connectivity index (χ4v) is 1.03. The highest BCUT2D eigenvalue weighted by Crippen LogP contribution is 2.18. The molecule has 0 radical (unpaired) electrons. The Morgan fingerprint density at radius 3 is 2.88 bits per heavy atom. The van der Waals surface area contributed by atoms with Gasteiger partial charge in [-0.2, -0.15) is 0 Å². The number of anilines is 1. The molecule has 16 heavy (non-hydrogen) atoms. The van der Waals surface area contributed by atoms with E-state index in [0.717, 1.165) is 0 Å². The summed E-state index contributed by atoms with van der Waals surface area (Å²) in [5.74, 6) is -0.991. The number of carboxylic acid groups (broad SMARTS) is 1. The average Bonchev–Trinajstić information content (AvgIpc) is 2.26. The third-order valence-electron chi connectivity index (χ3n) is 1.78. The molecule has 0 aromatic carbocycles. The number of rotatable bonds is 6. The Balaban J connectivity index is 2.63. The first-order valence-electron chi connectivity index (χ1n) is 4.85. The fourth-order valence-electron chi connectivity index (χ4n) is 1.03. The lowest BCUT2D eigenvalue weighted by Gasteiger charge is -2.08. The topological polar surface area (TPSA) is 94.7 Å². The van der Waals surface area contributed by atoms with Crippen molar-refractivity contribution >= 4 is 11.7 Å². The molecule has 0 saturated heterocycles. The van der Waals surface area contributed by atoms with Crippen LogP contribution in [-0.2, 0) is 4.74 Å². The summed E-state index contributed by atoms with van der Waals surface area (Å²) in [4.78, 5) is 14.4. The van der Waals surface area contributed by atoms with Gasteiger partial charge >= 0.3 is 5.97 Å². The first-order chi connectivity index (χ1) is 7.65. The van der Waals surface area contributed by atoms with Crippen LogP contribution in [0.15, 0.2) is 12.1 Å². The van der Waals surface area contributed by atoms with E-state index in [1.165, 1.54) is 12.1 Å². The lowest BCUT2D eigenvalue weighted by molar-refractivity contribution is 0.0688. The zero-order valence-corrected chi connectivity index (χ0v) is 8.97. The Morgan fingerprint density at radius 1 is 1.50 bits per heavy atom. The van der Waals surface area contributed by atoms with Crippen LogP contribution in [0.25, 0.3) is 0 Å². The lowest BCUT2D eigenvalue weighted by Crippen LogP contribution is -2.10. The molecule has 0 aliphatic heterocycles. The van der Waals surface area contributed by atoms with Gasteiger partial charge in [-0.1, -0.05) is 0 Å². The molecule has 3 N–H and O–H groups in total. The minimum absolute atomic E-state index is 0.0967. The molecule has 0 spiro atoms. The van der Waals surface area contributed by atoms with Gasteiger partial charge in [0, 0.05) is 6.61 Å². The van der Waals surface area contributed by atoms with E-state index in [4.69, 9.17) is 20.3 Å². The van der Waals surface area contributed by atoms with Crippen LogP contribution in [0, 0.1) is 0 Å². The molecule has 0 aliphatic rings. The lowest BCUT2D eigenvalue weighted by atomic mass is 10.3. The van der Waals surface area contributed by atoms with Crippen LogP contribution in [0.2, 0.25) is 0 Å². The smallest absolute Gasteiger partial charge is 0.354 e. The van der Waals surface area contributed by atoms with Crippen LogP contribution in [0.3, 0.4) is 0 Å². The Morgan fingerprint density at radius 2 is 2.25 bits per heavy atom. The second-order valence-corrected chi connectivity index (χ2v) is 2.94. The van der Waals surface area contributed by atoms with Crippen LogP contribution in [-0.4, -0.2) is 35.9 Å². The maximum atomic E-state index is 10.7. The average molecular weight is 226 g/mol. The monoisotopic (exact) mass is 226 g/mol. The number of ether oxygens (including phenoxy) is 2. The van der Waals surface area contributed by atoms with Crippen LogP contribution in [0.1, 0.15) is 17.4 Å². The molecule has 1 heterocycles. The Kier molecular flexibility index (Phi) is 4.53. The van der Waals surface area contributed by atoms with E-state index in [1.807, 2.05) is 6.92 Å². The summed E-state index contributed by atoms with van der Waals surface area (Å²) in [5.41, 5.74) is 5.79. The fraction of sp³-hybridized carbons (Fsp3) is 0.400. The standard InChI is InChI=1S/C10H14N2O4/c1-2-15-5-6-16-9-7(11)3-4-8(12-9)10(13)14/h3-4H,2,5-6,11H2,1H3,(H,13,14). The van der Waals surface area contributed by atoms with E-state index in [0.29, 0.717) is 18.9 Å². The number of aromatic carboxylic acids is 1. The zero-order valence-electron chi connectivity index (χ0n) is 8.97. The van der Waals surface area contributed by atoms with Crippen LogP contribution >= 0.6 is 0 Å². The number of pyridine rings is 1. The minimum Gasteiger partial charge on any atom is -0.477 e. The van der Waals surface area contributed by atoms with Gasteiger partial charge in [-0.05, 0) is 19.1 Å². The molecule has 0 atom stereocenters. The summed E-state index contributed by atoms with van der Waals surface area (Å²) in [6.45, 7) is 3.17. The summed E-state index contributed by atoms with van der Waals surface area (Å²) in [6, 6.07) is 2.78. The van der Waals surface area contributed by atoms with Crippen molar-refractivity contribution in [1.82, 2.24) is 4.98 Å². The van der Waals surface area contributed by atoms with Crippen LogP contribution in [0.5, 0.6) is 5.88 Å². The van der Waals surface area contributed by atoms with E-state index < -0.39 is 5.97 Å². The number of nitrogens with zero attached hydrogens (tertiary/aromatic N) is 1. The quantitative estimate of drug-likeness (QED) is 0.696. The molecule has 0 amide bonds. The van der Waals surface area contributed by atoms with Gasteiger partial charge < -0.3 is 20.3 Å². The third-order valence-corrected chi connectivity index (χ3v) is 1.78. The van der Waals surface area contributed by atoms with Gasteiger partial charge in [-0.25, -0.2) is 9.78 Å². The molecule has 6 nitrogen and oxygen atoms in total. The summed E-state index contributed by atoms with van der Waals surface area (Å²) in [5, 5.41) is 8.73. The predicted octanol–water partition coefficient (Wildman–Crippen LogP) is 0.777. The van der Waals surface area contributed by atoms with Gasteiger partial charge in [0.15, 0.2) is 5.69 Å². The van der Waals surface area contributed by atoms with Crippen molar-refractivity contribution in [1.29, 1.82) is 0 Å². The number of nitrogens with two attached hydrogens (primary N) is 1. The van der Waals surface area contributed by atoms with E-state index in [2.05, 4.69) is 4.98 Å². The first-order valence-corrected chi connectivity index (χ1v) is 4.85. The maximum Gasteiger partial charge on any atom is 0.354 e. The van der Waals surface area contributed by atoms with Crippen molar-refractivity contribution in [2.45, 2.75) is 6.92 Å². The van der Waals surface area contributed by atoms with Crippen molar-refractivity contribution in [3.8, 4) is 5.88 Å². The SMILES string of the molecule is CCOCCOc1nc(C(=O)O)ccc1N. The van der Waals surface area contributed by atoms with Crippen molar-refractivity contribution in [3.63, 3.8) is 0 Å². The van der Waals surface area contributed by atoms with Crippen molar-refractivity contribution in [2.75, 3.05) is 25.6 Å². The largest absolute Gasteiger partial charge is 0.477 e. The molecular weight excluding hydrogens is 212 g/mol. The molecule has 0 aliphatic carbocycles. The van der Waals surface area contributed by atoms with Crippen LogP contribution < -0.4 is 10.5 Å². The molecule has 1 aromatic heterocycles. The number of nitrogen functional groups attached to an aromatic ring is 1. The predicted molar refractivity (Wildman–Crippen MR) is 57.6 cm³/mol. The van der Waals surface area contributed by atoms with Crippen molar-refractivity contribution in [3.05, 3.63) is 17.8 Å². The molecule has 6 heteroatoms. The molecular formula is C10H14N2O4. The molecule has 1 rings (SSSR count). The van der Waals surface area contributed by atoms with E-state index >= 15 is 0 Å².